The molecule has 2 aromatic rings. The number of nitrogens with zero attached hydrogens (tertiary/aromatic N) is 2. The van der Waals surface area contributed by atoms with E-state index >= 15 is 0 Å². The Balaban J connectivity index is 1.38. The Morgan fingerprint density at radius 1 is 1.29 bits per heavy atom. The van der Waals surface area contributed by atoms with Gasteiger partial charge in [0, 0.05) is 47.3 Å². The van der Waals surface area contributed by atoms with Gasteiger partial charge in [0.05, 0.1) is 6.04 Å². The molecule has 4 rings (SSSR count). The predicted molar refractivity (Wildman–Crippen MR) is 110 cm³/mol. The molecule has 2 unspecified atom stereocenters. The molecular weight excluding hydrogens is 398 g/mol. The number of nitrogens with one attached hydrogen (secondary N) is 1. The molecule has 28 heavy (non-hydrogen) atoms. The lowest BCUT2D eigenvalue weighted by Gasteiger charge is -2.17. The molecule has 2 fully saturated rings. The van der Waals surface area contributed by atoms with Crippen LogP contribution in [0.5, 0.6) is 5.88 Å². The van der Waals surface area contributed by atoms with Crippen LogP contribution in [-0.4, -0.2) is 47.0 Å². The number of amides is 2. The molecule has 1 N–H and O–H groups in total. The summed E-state index contributed by atoms with van der Waals surface area (Å²) in [4.78, 5) is 30.9. The molecular formula is C20H20ClN3O3S. The summed E-state index contributed by atoms with van der Waals surface area (Å²) in [6, 6.07) is 10.2. The molecule has 0 radical (unpaired) electrons. The van der Waals surface area contributed by atoms with Crippen LogP contribution in [0.2, 0.25) is 5.02 Å². The third-order valence-electron chi connectivity index (χ3n) is 4.77. The van der Waals surface area contributed by atoms with Gasteiger partial charge < -0.3 is 15.0 Å². The Morgan fingerprint density at radius 3 is 2.86 bits per heavy atom. The Labute approximate surface area is 172 Å². The summed E-state index contributed by atoms with van der Waals surface area (Å²) in [5.74, 6) is 2.24. The van der Waals surface area contributed by atoms with E-state index in [9.17, 15) is 9.59 Å². The molecule has 8 heteroatoms. The maximum atomic E-state index is 12.6. The second-order valence-corrected chi connectivity index (χ2v) is 8.43. The molecule has 2 amide bonds. The minimum absolute atomic E-state index is 0.0230. The molecule has 3 heterocycles. The summed E-state index contributed by atoms with van der Waals surface area (Å²) >= 11 is 7.77. The van der Waals surface area contributed by atoms with Crippen LogP contribution in [0.3, 0.4) is 0 Å². The lowest BCUT2D eigenvalue weighted by molar-refractivity contribution is -0.117. The van der Waals surface area contributed by atoms with E-state index in [4.69, 9.17) is 16.3 Å². The van der Waals surface area contributed by atoms with Gasteiger partial charge in [-0.05, 0) is 42.5 Å². The van der Waals surface area contributed by atoms with Gasteiger partial charge in [-0.15, -0.1) is 0 Å². The number of aromatic nitrogens is 1. The molecule has 6 nitrogen and oxygen atoms in total. The maximum Gasteiger partial charge on any atom is 0.251 e. The fraction of sp³-hybridized carbons (Fsp3) is 0.350. The highest BCUT2D eigenvalue weighted by Crippen LogP contribution is 2.24. The zero-order valence-electron chi connectivity index (χ0n) is 15.1. The van der Waals surface area contributed by atoms with Crippen LogP contribution in [0.4, 0.5) is 5.69 Å². The van der Waals surface area contributed by atoms with Crippen LogP contribution in [0.25, 0.3) is 0 Å². The number of carbonyl (C=O) groups is 2. The molecule has 2 atom stereocenters. The van der Waals surface area contributed by atoms with Gasteiger partial charge in [0.25, 0.3) is 5.91 Å². The monoisotopic (exact) mass is 417 g/mol. The zero-order chi connectivity index (χ0) is 19.5. The standard InChI is InChI=1S/C20H20ClN3O3S/c21-14-1-3-16(4-2-14)24-11-15(10-19(24)25)23-20(26)13-5-7-22-18(9-13)27-17-6-8-28-12-17/h1-5,7,9,15,17H,6,8,10-12H2,(H,23,26). The van der Waals surface area contributed by atoms with Gasteiger partial charge in [-0.2, -0.15) is 11.8 Å². The van der Waals surface area contributed by atoms with Crippen LogP contribution in [0.1, 0.15) is 23.2 Å². The zero-order valence-corrected chi connectivity index (χ0v) is 16.7. The number of carbonyl (C=O) groups excluding carboxylic acids is 2. The normalized spacial score (nSPS) is 21.8. The van der Waals surface area contributed by atoms with Crippen molar-refractivity contribution in [1.82, 2.24) is 10.3 Å². The minimum Gasteiger partial charge on any atom is -0.473 e. The first kappa shape index (κ1) is 19.1. The van der Waals surface area contributed by atoms with E-state index in [0.717, 1.165) is 23.6 Å². The number of hydrogen-bond acceptors (Lipinski definition) is 5. The first-order chi connectivity index (χ1) is 13.6. The van der Waals surface area contributed by atoms with Crippen molar-refractivity contribution >= 4 is 40.9 Å². The van der Waals surface area contributed by atoms with Crippen molar-refractivity contribution in [2.45, 2.75) is 25.0 Å². The number of ether oxygens (including phenoxy) is 1. The summed E-state index contributed by atoms with van der Waals surface area (Å²) < 4.78 is 5.85. The molecule has 2 aliphatic heterocycles. The van der Waals surface area contributed by atoms with Crippen molar-refractivity contribution in [3.8, 4) is 5.88 Å². The van der Waals surface area contributed by atoms with Gasteiger partial charge in [0.2, 0.25) is 11.8 Å². The van der Waals surface area contributed by atoms with Crippen molar-refractivity contribution in [2.24, 2.45) is 0 Å². The van der Waals surface area contributed by atoms with E-state index in [1.165, 1.54) is 0 Å². The molecule has 0 spiro atoms. The quantitative estimate of drug-likeness (QED) is 0.809. The smallest absolute Gasteiger partial charge is 0.251 e. The van der Waals surface area contributed by atoms with Crippen molar-refractivity contribution in [3.05, 3.63) is 53.2 Å². The first-order valence-corrected chi connectivity index (χ1v) is 10.7. The second-order valence-electron chi connectivity index (χ2n) is 6.84. The van der Waals surface area contributed by atoms with E-state index in [2.05, 4.69) is 10.3 Å². The van der Waals surface area contributed by atoms with Crippen LogP contribution >= 0.6 is 23.4 Å². The summed E-state index contributed by atoms with van der Waals surface area (Å²) in [6.45, 7) is 0.430. The van der Waals surface area contributed by atoms with E-state index in [0.29, 0.717) is 23.0 Å². The molecule has 0 bridgehead atoms. The van der Waals surface area contributed by atoms with E-state index in [1.807, 2.05) is 11.8 Å². The Morgan fingerprint density at radius 2 is 2.11 bits per heavy atom. The second kappa shape index (κ2) is 8.41. The highest BCUT2D eigenvalue weighted by molar-refractivity contribution is 7.99. The average Bonchev–Trinajstić information content (AvgIpc) is 3.32. The number of rotatable bonds is 5. The largest absolute Gasteiger partial charge is 0.473 e. The van der Waals surface area contributed by atoms with Crippen LogP contribution in [0, 0.1) is 0 Å². The fourth-order valence-electron chi connectivity index (χ4n) is 3.34. The lowest BCUT2D eigenvalue weighted by atomic mass is 10.2. The van der Waals surface area contributed by atoms with Crippen molar-refractivity contribution in [1.29, 1.82) is 0 Å². The van der Waals surface area contributed by atoms with Gasteiger partial charge in [0.1, 0.15) is 6.10 Å². The third kappa shape index (κ3) is 4.42. The summed E-state index contributed by atoms with van der Waals surface area (Å²) in [6.07, 6.45) is 2.98. The van der Waals surface area contributed by atoms with E-state index < -0.39 is 0 Å². The van der Waals surface area contributed by atoms with Crippen molar-refractivity contribution in [3.63, 3.8) is 0 Å². The Bertz CT molecular complexity index is 871. The summed E-state index contributed by atoms with van der Waals surface area (Å²) in [5.41, 5.74) is 1.26. The van der Waals surface area contributed by atoms with Crippen LogP contribution in [0.15, 0.2) is 42.6 Å². The van der Waals surface area contributed by atoms with Gasteiger partial charge in [0.15, 0.2) is 0 Å². The highest BCUT2D eigenvalue weighted by Gasteiger charge is 2.31. The van der Waals surface area contributed by atoms with E-state index in [1.54, 1.807) is 47.5 Å². The topological polar surface area (TPSA) is 71.5 Å². The SMILES string of the molecule is O=C(NC1CC(=O)N(c2ccc(Cl)cc2)C1)c1ccnc(OC2CCSC2)c1. The molecule has 2 saturated heterocycles. The molecule has 0 aliphatic carbocycles. The van der Waals surface area contributed by atoms with Gasteiger partial charge >= 0.3 is 0 Å². The minimum atomic E-state index is -0.251. The van der Waals surface area contributed by atoms with Gasteiger partial charge in [-0.3, -0.25) is 9.59 Å². The summed E-state index contributed by atoms with van der Waals surface area (Å²) in [7, 11) is 0. The van der Waals surface area contributed by atoms with Crippen molar-refractivity contribution in [2.75, 3.05) is 23.0 Å². The number of anilines is 1. The fourth-order valence-corrected chi connectivity index (χ4v) is 4.56. The number of pyridine rings is 1. The van der Waals surface area contributed by atoms with Crippen LogP contribution < -0.4 is 15.0 Å². The predicted octanol–water partition coefficient (Wildman–Crippen LogP) is 3.15. The average molecular weight is 418 g/mol. The number of halogens is 1. The molecule has 1 aromatic heterocycles. The van der Waals surface area contributed by atoms with Gasteiger partial charge in [-0.25, -0.2) is 4.98 Å². The number of benzene rings is 1. The number of thioether (sulfide) groups is 1. The van der Waals surface area contributed by atoms with Gasteiger partial charge in [-0.1, -0.05) is 11.6 Å². The number of hydrogen-bond donors (Lipinski definition) is 1. The Hall–Kier alpha value is -2.25. The highest BCUT2D eigenvalue weighted by atomic mass is 35.5. The van der Waals surface area contributed by atoms with Crippen molar-refractivity contribution < 1.29 is 14.3 Å². The molecule has 2 aliphatic rings. The van der Waals surface area contributed by atoms with E-state index in [-0.39, 0.29) is 30.4 Å². The third-order valence-corrected chi connectivity index (χ3v) is 6.15. The maximum absolute atomic E-state index is 12.6. The molecule has 1 aromatic carbocycles. The molecule has 146 valence electrons. The van der Waals surface area contributed by atoms with Crippen LogP contribution in [-0.2, 0) is 4.79 Å². The Kier molecular flexibility index (Phi) is 5.73. The summed E-state index contributed by atoms with van der Waals surface area (Å²) in [5, 5.41) is 3.56. The first-order valence-electron chi connectivity index (χ1n) is 9.16. The lowest BCUT2D eigenvalue weighted by Crippen LogP contribution is -2.37. The molecule has 0 saturated carbocycles.